The Hall–Kier alpha value is -3.92. The summed E-state index contributed by atoms with van der Waals surface area (Å²) in [4.78, 5) is 22.8. The van der Waals surface area contributed by atoms with Crippen LogP contribution in [0.2, 0.25) is 0 Å². The number of piperidine rings is 1. The average molecular weight is 496 g/mol. The number of anilines is 3. The second-order valence-corrected chi connectivity index (χ2v) is 8.67. The smallest absolute Gasteiger partial charge is 0.413 e. The van der Waals surface area contributed by atoms with Gasteiger partial charge in [-0.15, -0.1) is 0 Å². The molecular formula is C26H30FN5O4. The Morgan fingerprint density at radius 2 is 2.11 bits per heavy atom. The molecule has 1 fully saturated rings. The third-order valence-corrected chi connectivity index (χ3v) is 5.77. The van der Waals surface area contributed by atoms with E-state index in [1.54, 1.807) is 25.3 Å². The third kappa shape index (κ3) is 7.29. The number of hydrogen-bond donors (Lipinski definition) is 2. The van der Waals surface area contributed by atoms with E-state index in [0.29, 0.717) is 24.0 Å². The summed E-state index contributed by atoms with van der Waals surface area (Å²) in [5.41, 5.74) is 1.24. The third-order valence-electron chi connectivity index (χ3n) is 5.77. The van der Waals surface area contributed by atoms with Crippen molar-refractivity contribution in [2.45, 2.75) is 19.4 Å². The zero-order valence-corrected chi connectivity index (χ0v) is 20.4. The van der Waals surface area contributed by atoms with E-state index in [2.05, 4.69) is 32.5 Å². The Balaban J connectivity index is 1.29. The SMILES string of the molecule is COc1cccc(COC(=O)Nc2ccnc(Nc3ccc(OCC4CCCN(C)C4)c(F)c3)n2)c1. The van der Waals surface area contributed by atoms with E-state index in [4.69, 9.17) is 14.2 Å². The summed E-state index contributed by atoms with van der Waals surface area (Å²) in [6, 6.07) is 13.4. The summed E-state index contributed by atoms with van der Waals surface area (Å²) >= 11 is 0. The lowest BCUT2D eigenvalue weighted by Gasteiger charge is -2.29. The minimum atomic E-state index is -0.667. The summed E-state index contributed by atoms with van der Waals surface area (Å²) in [5, 5.41) is 5.49. The van der Waals surface area contributed by atoms with Gasteiger partial charge in [0.2, 0.25) is 5.95 Å². The van der Waals surface area contributed by atoms with E-state index in [1.165, 1.54) is 18.3 Å². The van der Waals surface area contributed by atoms with Crippen molar-refractivity contribution in [2.75, 3.05) is 44.5 Å². The molecule has 1 saturated heterocycles. The van der Waals surface area contributed by atoms with Crippen LogP contribution in [-0.2, 0) is 11.3 Å². The second-order valence-electron chi connectivity index (χ2n) is 8.67. The molecule has 1 amide bonds. The van der Waals surface area contributed by atoms with Crippen molar-refractivity contribution in [3.05, 3.63) is 66.1 Å². The molecule has 0 saturated carbocycles. The number of carbonyl (C=O) groups excluding carboxylic acids is 1. The van der Waals surface area contributed by atoms with Gasteiger partial charge in [0.15, 0.2) is 11.6 Å². The Labute approximate surface area is 209 Å². The van der Waals surface area contributed by atoms with E-state index in [9.17, 15) is 9.18 Å². The van der Waals surface area contributed by atoms with E-state index >= 15 is 0 Å². The Morgan fingerprint density at radius 3 is 2.92 bits per heavy atom. The molecule has 0 spiro atoms. The number of carbonyl (C=O) groups is 1. The maximum absolute atomic E-state index is 14.6. The molecule has 36 heavy (non-hydrogen) atoms. The van der Waals surface area contributed by atoms with Crippen LogP contribution in [0.5, 0.6) is 11.5 Å². The fourth-order valence-corrected chi connectivity index (χ4v) is 3.98. The number of halogens is 1. The molecular weight excluding hydrogens is 465 g/mol. The maximum atomic E-state index is 14.6. The number of rotatable bonds is 9. The first-order chi connectivity index (χ1) is 17.5. The van der Waals surface area contributed by atoms with Gasteiger partial charge in [0.05, 0.1) is 13.7 Å². The molecule has 190 valence electrons. The molecule has 10 heteroatoms. The predicted molar refractivity (Wildman–Crippen MR) is 134 cm³/mol. The van der Waals surface area contributed by atoms with Crippen molar-refractivity contribution >= 4 is 23.5 Å². The topological polar surface area (TPSA) is 97.8 Å². The zero-order chi connectivity index (χ0) is 25.3. The number of hydrogen-bond acceptors (Lipinski definition) is 8. The van der Waals surface area contributed by atoms with E-state index in [0.717, 1.165) is 31.5 Å². The van der Waals surface area contributed by atoms with Gasteiger partial charge in [-0.25, -0.2) is 14.2 Å². The van der Waals surface area contributed by atoms with Gasteiger partial charge in [-0.2, -0.15) is 4.98 Å². The number of aromatic nitrogens is 2. The van der Waals surface area contributed by atoms with Crippen LogP contribution in [0.15, 0.2) is 54.7 Å². The van der Waals surface area contributed by atoms with Crippen molar-refractivity contribution in [1.82, 2.24) is 14.9 Å². The molecule has 9 nitrogen and oxygen atoms in total. The van der Waals surface area contributed by atoms with Crippen LogP contribution in [0.4, 0.5) is 26.6 Å². The lowest BCUT2D eigenvalue weighted by molar-refractivity contribution is 0.147. The Morgan fingerprint density at radius 1 is 1.22 bits per heavy atom. The summed E-state index contributed by atoms with van der Waals surface area (Å²) in [6.07, 6.45) is 3.02. The minimum Gasteiger partial charge on any atom is -0.497 e. The predicted octanol–water partition coefficient (Wildman–Crippen LogP) is 4.84. The van der Waals surface area contributed by atoms with Crippen molar-refractivity contribution in [3.8, 4) is 11.5 Å². The lowest BCUT2D eigenvalue weighted by atomic mass is 10.00. The summed E-state index contributed by atoms with van der Waals surface area (Å²) in [5.74, 6) is 1.24. The molecule has 2 aromatic carbocycles. The highest BCUT2D eigenvalue weighted by Gasteiger charge is 2.18. The number of amides is 1. The van der Waals surface area contributed by atoms with Crippen molar-refractivity contribution in [1.29, 1.82) is 0 Å². The molecule has 3 aromatic rings. The average Bonchev–Trinajstić information content (AvgIpc) is 2.87. The number of benzene rings is 2. The second kappa shape index (κ2) is 12.2. The van der Waals surface area contributed by atoms with Crippen molar-refractivity contribution in [3.63, 3.8) is 0 Å². The molecule has 2 N–H and O–H groups in total. The van der Waals surface area contributed by atoms with Crippen molar-refractivity contribution < 1.29 is 23.4 Å². The molecule has 1 atom stereocenters. The highest BCUT2D eigenvalue weighted by molar-refractivity contribution is 5.83. The minimum absolute atomic E-state index is 0.0738. The van der Waals surface area contributed by atoms with Crippen LogP contribution in [0.1, 0.15) is 18.4 Å². The molecule has 0 aliphatic carbocycles. The molecule has 0 bridgehead atoms. The first kappa shape index (κ1) is 25.2. The number of methoxy groups -OCH3 is 1. The highest BCUT2D eigenvalue weighted by Crippen LogP contribution is 2.25. The first-order valence-electron chi connectivity index (χ1n) is 11.8. The molecule has 4 rings (SSSR count). The quantitative estimate of drug-likeness (QED) is 0.435. The molecule has 1 aliphatic heterocycles. The van der Waals surface area contributed by atoms with Crippen LogP contribution in [0.3, 0.4) is 0 Å². The summed E-state index contributed by atoms with van der Waals surface area (Å²) in [7, 11) is 3.66. The van der Waals surface area contributed by atoms with Crippen LogP contribution in [-0.4, -0.2) is 54.8 Å². The normalized spacial score (nSPS) is 15.7. The van der Waals surface area contributed by atoms with Gasteiger partial charge in [0.25, 0.3) is 0 Å². The van der Waals surface area contributed by atoms with Gasteiger partial charge in [0, 0.05) is 30.4 Å². The van der Waals surface area contributed by atoms with Gasteiger partial charge in [-0.3, -0.25) is 5.32 Å². The zero-order valence-electron chi connectivity index (χ0n) is 20.4. The summed E-state index contributed by atoms with van der Waals surface area (Å²) < 4.78 is 30.7. The monoisotopic (exact) mass is 495 g/mol. The fraction of sp³-hybridized carbons (Fsp3) is 0.346. The molecule has 1 unspecified atom stereocenters. The lowest BCUT2D eigenvalue weighted by Crippen LogP contribution is -2.34. The molecule has 1 aliphatic rings. The van der Waals surface area contributed by atoms with E-state index < -0.39 is 11.9 Å². The van der Waals surface area contributed by atoms with Crippen molar-refractivity contribution in [2.24, 2.45) is 5.92 Å². The maximum Gasteiger partial charge on any atom is 0.413 e. The van der Waals surface area contributed by atoms with Gasteiger partial charge in [-0.05, 0) is 62.3 Å². The fourth-order valence-electron chi connectivity index (χ4n) is 3.98. The highest BCUT2D eigenvalue weighted by atomic mass is 19.1. The van der Waals surface area contributed by atoms with Crippen LogP contribution in [0, 0.1) is 11.7 Å². The largest absolute Gasteiger partial charge is 0.497 e. The first-order valence-corrected chi connectivity index (χ1v) is 11.8. The standard InChI is InChI=1S/C26H30FN5O4/c1-32-12-4-6-19(15-32)17-35-23-9-8-20(14-22(23)27)29-25-28-11-10-24(30-25)31-26(33)36-16-18-5-3-7-21(13-18)34-2/h3,5,7-11,13-14,19H,4,6,12,15-17H2,1-2H3,(H2,28,29,30,31,33). The van der Waals surface area contributed by atoms with Crippen LogP contribution in [0.25, 0.3) is 0 Å². The molecule has 2 heterocycles. The number of nitrogens with one attached hydrogen (secondary N) is 2. The van der Waals surface area contributed by atoms with Crippen LogP contribution >= 0.6 is 0 Å². The van der Waals surface area contributed by atoms with Gasteiger partial charge in [-0.1, -0.05) is 12.1 Å². The molecule has 1 aromatic heterocycles. The van der Waals surface area contributed by atoms with Gasteiger partial charge in [0.1, 0.15) is 18.2 Å². The number of ether oxygens (including phenoxy) is 3. The van der Waals surface area contributed by atoms with Gasteiger partial charge >= 0.3 is 6.09 Å². The Bertz CT molecular complexity index is 1180. The molecule has 0 radical (unpaired) electrons. The summed E-state index contributed by atoms with van der Waals surface area (Å²) in [6.45, 7) is 2.61. The van der Waals surface area contributed by atoms with E-state index in [1.807, 2.05) is 18.2 Å². The van der Waals surface area contributed by atoms with Gasteiger partial charge < -0.3 is 24.4 Å². The number of nitrogens with zero attached hydrogens (tertiary/aromatic N) is 3. The Kier molecular flexibility index (Phi) is 8.51. The van der Waals surface area contributed by atoms with E-state index in [-0.39, 0.29) is 24.1 Å². The van der Waals surface area contributed by atoms with Crippen LogP contribution < -0.4 is 20.1 Å². The number of likely N-dealkylation sites (tertiary alicyclic amines) is 1.